The topological polar surface area (TPSA) is 94.2 Å². The number of pyridine rings is 1. The fraction of sp³-hybridized carbons (Fsp3) is 0.0400. The number of sulfone groups is 1. The third-order valence-corrected chi connectivity index (χ3v) is 6.11. The summed E-state index contributed by atoms with van der Waals surface area (Å²) in [6.07, 6.45) is 2.80. The Morgan fingerprint density at radius 1 is 0.853 bits per heavy atom. The monoisotopic (exact) mass is 475 g/mol. The molecule has 3 aromatic carbocycles. The van der Waals surface area contributed by atoms with Crippen molar-refractivity contribution in [2.45, 2.75) is 4.90 Å². The van der Waals surface area contributed by atoms with Gasteiger partial charge in [0.25, 0.3) is 0 Å². The zero-order chi connectivity index (χ0) is 23.7. The fourth-order valence-electron chi connectivity index (χ4n) is 3.36. The Kier molecular flexibility index (Phi) is 5.46. The van der Waals surface area contributed by atoms with E-state index in [4.69, 9.17) is 9.47 Å². The summed E-state index contributed by atoms with van der Waals surface area (Å²) in [5.74, 6) is 1.14. The molecule has 0 radical (unpaired) electrons. The summed E-state index contributed by atoms with van der Waals surface area (Å²) >= 11 is 0. The largest absolute Gasteiger partial charge is 0.457 e. The number of H-pyrrole nitrogens is 1. The number of nitrogens with one attached hydrogen (secondary N) is 1. The van der Waals surface area contributed by atoms with E-state index in [2.05, 4.69) is 15.0 Å². The number of nitrogens with zero attached hydrogens (tertiary/aromatic N) is 2. The van der Waals surface area contributed by atoms with Crippen LogP contribution in [0.3, 0.4) is 0 Å². The number of fused-ring (bicyclic) bond motifs is 1. The standard InChI is InChI=1S/C25H18FN3O4S/c1-34(30,31)18-11-9-16(10-12-18)32-17-14-21-24(29-25(28-21)20-7-4-5-13-27-20)23(15-17)33-22-8-3-2-6-19(22)26/h2-15H,1H3,(H,28,29). The predicted octanol–water partition coefficient (Wildman–Crippen LogP) is 5.75. The van der Waals surface area contributed by atoms with Crippen LogP contribution >= 0.6 is 0 Å². The van der Waals surface area contributed by atoms with Crippen molar-refractivity contribution in [2.75, 3.05) is 6.26 Å². The second-order valence-corrected chi connectivity index (χ2v) is 9.51. The summed E-state index contributed by atoms with van der Waals surface area (Å²) in [7, 11) is -3.32. The normalized spacial score (nSPS) is 11.5. The number of hydrogen-bond donors (Lipinski definition) is 1. The van der Waals surface area contributed by atoms with Gasteiger partial charge in [0.2, 0.25) is 0 Å². The van der Waals surface area contributed by atoms with Crippen LogP contribution in [-0.4, -0.2) is 29.6 Å². The minimum absolute atomic E-state index is 0.0424. The molecule has 0 aliphatic heterocycles. The van der Waals surface area contributed by atoms with Crippen LogP contribution in [0.15, 0.2) is 90.0 Å². The SMILES string of the molecule is CS(=O)(=O)c1ccc(Oc2cc(Oc3ccccc3F)c3nc(-c4ccccn4)[nH]c3c2)cc1. The van der Waals surface area contributed by atoms with E-state index in [0.29, 0.717) is 34.1 Å². The lowest BCUT2D eigenvalue weighted by Gasteiger charge is -2.11. The summed E-state index contributed by atoms with van der Waals surface area (Å²) in [5.41, 5.74) is 1.70. The quantitative estimate of drug-likeness (QED) is 0.336. The molecule has 5 aromatic rings. The molecule has 0 unspecified atom stereocenters. The van der Waals surface area contributed by atoms with Crippen molar-refractivity contribution in [1.82, 2.24) is 15.0 Å². The van der Waals surface area contributed by atoms with E-state index in [1.807, 2.05) is 12.1 Å². The van der Waals surface area contributed by atoms with Crippen molar-refractivity contribution in [1.29, 1.82) is 0 Å². The highest BCUT2D eigenvalue weighted by Crippen LogP contribution is 2.37. The average Bonchev–Trinajstić information content (AvgIpc) is 3.25. The zero-order valence-corrected chi connectivity index (χ0v) is 18.7. The van der Waals surface area contributed by atoms with Crippen LogP contribution < -0.4 is 9.47 Å². The van der Waals surface area contributed by atoms with Crippen molar-refractivity contribution in [2.24, 2.45) is 0 Å². The van der Waals surface area contributed by atoms with Gasteiger partial charge in [-0.25, -0.2) is 17.8 Å². The Morgan fingerprint density at radius 2 is 1.62 bits per heavy atom. The van der Waals surface area contributed by atoms with Crippen LogP contribution in [0.4, 0.5) is 4.39 Å². The van der Waals surface area contributed by atoms with Crippen LogP contribution in [0.2, 0.25) is 0 Å². The number of benzene rings is 3. The molecule has 0 aliphatic carbocycles. The number of para-hydroxylation sites is 1. The van der Waals surface area contributed by atoms with Crippen LogP contribution in [-0.2, 0) is 9.84 Å². The maximum absolute atomic E-state index is 14.3. The molecule has 170 valence electrons. The number of halogens is 1. The maximum Gasteiger partial charge on any atom is 0.175 e. The number of imidazole rings is 1. The van der Waals surface area contributed by atoms with Crippen molar-refractivity contribution in [3.05, 3.63) is 90.9 Å². The molecule has 7 nitrogen and oxygen atoms in total. The van der Waals surface area contributed by atoms with E-state index in [1.54, 1.807) is 48.7 Å². The van der Waals surface area contributed by atoms with Crippen molar-refractivity contribution >= 4 is 20.9 Å². The first-order valence-electron chi connectivity index (χ1n) is 10.2. The summed E-state index contributed by atoms with van der Waals surface area (Å²) in [6, 6.07) is 20.9. The van der Waals surface area contributed by atoms with Crippen LogP contribution in [0.1, 0.15) is 0 Å². The molecule has 0 saturated carbocycles. The molecular formula is C25H18FN3O4S. The average molecular weight is 476 g/mol. The van der Waals surface area contributed by atoms with Gasteiger partial charge in [0.1, 0.15) is 22.7 Å². The van der Waals surface area contributed by atoms with Gasteiger partial charge in [0.05, 0.1) is 10.4 Å². The molecular weight excluding hydrogens is 457 g/mol. The second kappa shape index (κ2) is 8.60. The van der Waals surface area contributed by atoms with Gasteiger partial charge in [-0.15, -0.1) is 0 Å². The maximum atomic E-state index is 14.3. The molecule has 34 heavy (non-hydrogen) atoms. The van der Waals surface area contributed by atoms with E-state index >= 15 is 0 Å². The lowest BCUT2D eigenvalue weighted by Crippen LogP contribution is -1.96. The minimum atomic E-state index is -3.32. The Morgan fingerprint density at radius 3 is 2.32 bits per heavy atom. The Labute approximate surface area is 194 Å². The molecule has 0 fully saturated rings. The minimum Gasteiger partial charge on any atom is -0.457 e. The highest BCUT2D eigenvalue weighted by Gasteiger charge is 2.16. The van der Waals surface area contributed by atoms with Gasteiger partial charge in [0, 0.05) is 24.6 Å². The van der Waals surface area contributed by atoms with Gasteiger partial charge in [-0.05, 0) is 48.5 Å². The van der Waals surface area contributed by atoms with Crippen molar-refractivity contribution in [3.8, 4) is 34.5 Å². The Hall–Kier alpha value is -4.24. The number of hydrogen-bond acceptors (Lipinski definition) is 6. The second-order valence-electron chi connectivity index (χ2n) is 7.50. The predicted molar refractivity (Wildman–Crippen MR) is 125 cm³/mol. The fourth-order valence-corrected chi connectivity index (χ4v) is 3.99. The zero-order valence-electron chi connectivity index (χ0n) is 17.9. The van der Waals surface area contributed by atoms with Gasteiger partial charge >= 0.3 is 0 Å². The summed E-state index contributed by atoms with van der Waals surface area (Å²) < 4.78 is 49.5. The molecule has 0 spiro atoms. The summed E-state index contributed by atoms with van der Waals surface area (Å²) in [5, 5.41) is 0. The molecule has 1 N–H and O–H groups in total. The summed E-state index contributed by atoms with van der Waals surface area (Å²) in [6.45, 7) is 0. The first-order valence-corrected chi connectivity index (χ1v) is 12.1. The molecule has 0 aliphatic rings. The van der Waals surface area contributed by atoms with E-state index in [0.717, 1.165) is 6.26 Å². The van der Waals surface area contributed by atoms with E-state index in [9.17, 15) is 12.8 Å². The molecule has 0 amide bonds. The Balaban J connectivity index is 1.57. The van der Waals surface area contributed by atoms with E-state index in [-0.39, 0.29) is 16.4 Å². The molecule has 5 rings (SSSR count). The lowest BCUT2D eigenvalue weighted by atomic mass is 10.2. The highest BCUT2D eigenvalue weighted by molar-refractivity contribution is 7.90. The number of rotatable bonds is 6. The first-order chi connectivity index (χ1) is 16.4. The molecule has 9 heteroatoms. The number of ether oxygens (including phenoxy) is 2. The smallest absolute Gasteiger partial charge is 0.175 e. The van der Waals surface area contributed by atoms with Crippen LogP contribution in [0.5, 0.6) is 23.0 Å². The van der Waals surface area contributed by atoms with Crippen LogP contribution in [0, 0.1) is 5.82 Å². The molecule has 2 aromatic heterocycles. The molecule has 0 saturated heterocycles. The van der Waals surface area contributed by atoms with E-state index < -0.39 is 15.7 Å². The third kappa shape index (κ3) is 4.46. The van der Waals surface area contributed by atoms with Gasteiger partial charge in [0.15, 0.2) is 33.0 Å². The van der Waals surface area contributed by atoms with E-state index in [1.165, 1.54) is 24.3 Å². The summed E-state index contributed by atoms with van der Waals surface area (Å²) in [4.78, 5) is 12.3. The lowest BCUT2D eigenvalue weighted by molar-refractivity contribution is 0.438. The third-order valence-electron chi connectivity index (χ3n) is 4.98. The molecule has 2 heterocycles. The highest BCUT2D eigenvalue weighted by atomic mass is 32.2. The number of aromatic amines is 1. The van der Waals surface area contributed by atoms with Gasteiger partial charge in [-0.1, -0.05) is 18.2 Å². The van der Waals surface area contributed by atoms with Gasteiger partial charge < -0.3 is 14.5 Å². The van der Waals surface area contributed by atoms with Crippen molar-refractivity contribution in [3.63, 3.8) is 0 Å². The number of aromatic nitrogens is 3. The van der Waals surface area contributed by atoms with Gasteiger partial charge in [-0.3, -0.25) is 4.98 Å². The van der Waals surface area contributed by atoms with Crippen LogP contribution in [0.25, 0.3) is 22.6 Å². The Bertz CT molecular complexity index is 1580. The molecule has 0 atom stereocenters. The first kappa shape index (κ1) is 21.6. The molecule has 0 bridgehead atoms. The van der Waals surface area contributed by atoms with Crippen molar-refractivity contribution < 1.29 is 22.3 Å². The van der Waals surface area contributed by atoms with Gasteiger partial charge in [-0.2, -0.15) is 0 Å².